The molecule has 2 amide bonds. The van der Waals surface area contributed by atoms with Gasteiger partial charge in [0, 0.05) is 44.8 Å². The molecule has 0 unspecified atom stereocenters. The molecule has 0 aromatic heterocycles. The van der Waals surface area contributed by atoms with E-state index in [1.807, 2.05) is 13.0 Å². The molecule has 0 saturated carbocycles. The van der Waals surface area contributed by atoms with Crippen molar-refractivity contribution in [2.24, 2.45) is 0 Å². The number of hydrogen-bond acceptors (Lipinski definition) is 4. The number of rotatable bonds is 7. The van der Waals surface area contributed by atoms with Gasteiger partial charge in [-0.25, -0.2) is 0 Å². The van der Waals surface area contributed by atoms with E-state index in [0.29, 0.717) is 23.5 Å². The van der Waals surface area contributed by atoms with Crippen molar-refractivity contribution in [1.82, 2.24) is 0 Å². The van der Waals surface area contributed by atoms with Gasteiger partial charge in [-0.3, -0.25) is 9.59 Å². The van der Waals surface area contributed by atoms with Crippen LogP contribution in [0, 0.1) is 13.0 Å². The van der Waals surface area contributed by atoms with Crippen LogP contribution in [0.5, 0.6) is 5.75 Å². The van der Waals surface area contributed by atoms with Crippen molar-refractivity contribution in [3.63, 3.8) is 0 Å². The van der Waals surface area contributed by atoms with Gasteiger partial charge in [0.05, 0.1) is 0 Å². The first-order valence-corrected chi connectivity index (χ1v) is 8.35. The molecule has 141 valence electrons. The second-order valence-corrected chi connectivity index (χ2v) is 6.20. The van der Waals surface area contributed by atoms with Gasteiger partial charge in [0.2, 0.25) is 11.8 Å². The Kier molecular flexibility index (Phi) is 9.09. The Balaban J connectivity index is 0.00000364. The van der Waals surface area contributed by atoms with Crippen LogP contribution in [0.4, 0.5) is 11.4 Å². The number of amides is 2. The Labute approximate surface area is 184 Å². The van der Waals surface area contributed by atoms with Crippen LogP contribution in [-0.4, -0.2) is 29.1 Å². The average Bonchev–Trinajstić information content (AvgIpc) is 2.63. The summed E-state index contributed by atoms with van der Waals surface area (Å²) in [5.74, 6) is -0.163. The number of aryl methyl sites for hydroxylation is 1. The summed E-state index contributed by atoms with van der Waals surface area (Å²) in [5, 5.41) is 15.7. The molecule has 3 N–H and O–H groups in total. The summed E-state index contributed by atoms with van der Waals surface area (Å²) < 4.78 is 5.50. The Morgan fingerprint density at radius 3 is 2.30 bits per heavy atom. The third-order valence-electron chi connectivity index (χ3n) is 3.69. The van der Waals surface area contributed by atoms with E-state index in [1.54, 1.807) is 43.3 Å². The number of aliphatic hydroxyl groups is 1. The Hall–Kier alpha value is -1.76. The van der Waals surface area contributed by atoms with Gasteiger partial charge in [-0.1, -0.05) is 19.5 Å². The molecular weight excluding hydrogens is 421 g/mol. The third-order valence-corrected chi connectivity index (χ3v) is 3.69. The van der Waals surface area contributed by atoms with Crippen molar-refractivity contribution >= 4 is 23.2 Å². The predicted octanol–water partition coefficient (Wildman–Crippen LogP) is 2.91. The molecule has 0 spiro atoms. The quantitative estimate of drug-likeness (QED) is 0.574. The third kappa shape index (κ3) is 7.41. The SMILES string of the molecule is CCC(=O)Nc1ccc(OC[C@](C)(O)C(=O)Nc2c[c-]c(C)cc2)cc1.[Y]. The van der Waals surface area contributed by atoms with Gasteiger partial charge in [0.15, 0.2) is 5.60 Å². The fourth-order valence-electron chi connectivity index (χ4n) is 2.02. The monoisotopic (exact) mass is 444 g/mol. The molecule has 2 aromatic rings. The number of carbonyl (C=O) groups is 2. The first-order chi connectivity index (χ1) is 12.3. The van der Waals surface area contributed by atoms with E-state index >= 15 is 0 Å². The van der Waals surface area contributed by atoms with Crippen molar-refractivity contribution in [3.05, 3.63) is 54.1 Å². The Morgan fingerprint density at radius 2 is 1.74 bits per heavy atom. The molecule has 0 saturated heterocycles. The molecule has 0 fully saturated rings. The molecule has 0 heterocycles. The van der Waals surface area contributed by atoms with Crippen molar-refractivity contribution < 1.29 is 52.1 Å². The van der Waals surface area contributed by atoms with Gasteiger partial charge in [-0.2, -0.15) is 23.8 Å². The number of ether oxygens (including phenoxy) is 1. The number of carbonyl (C=O) groups excluding carboxylic acids is 2. The molecule has 2 rings (SSSR count). The zero-order chi connectivity index (χ0) is 19.2. The van der Waals surface area contributed by atoms with Crippen LogP contribution >= 0.6 is 0 Å². The second kappa shape index (κ2) is 10.5. The molecule has 7 heteroatoms. The summed E-state index contributed by atoms with van der Waals surface area (Å²) in [6.07, 6.45) is 0.398. The summed E-state index contributed by atoms with van der Waals surface area (Å²) in [4.78, 5) is 23.6. The summed E-state index contributed by atoms with van der Waals surface area (Å²) in [6.45, 7) is 4.84. The smallest absolute Gasteiger partial charge is 0.248 e. The van der Waals surface area contributed by atoms with E-state index in [1.165, 1.54) is 6.92 Å². The van der Waals surface area contributed by atoms with E-state index < -0.39 is 11.5 Å². The summed E-state index contributed by atoms with van der Waals surface area (Å²) in [7, 11) is 0. The van der Waals surface area contributed by atoms with Crippen molar-refractivity contribution in [3.8, 4) is 5.75 Å². The van der Waals surface area contributed by atoms with Crippen LogP contribution in [0.1, 0.15) is 25.8 Å². The average molecular weight is 444 g/mol. The number of nitrogens with one attached hydrogen (secondary N) is 2. The molecule has 2 aromatic carbocycles. The van der Waals surface area contributed by atoms with Crippen LogP contribution in [0.25, 0.3) is 0 Å². The van der Waals surface area contributed by atoms with Crippen LogP contribution in [0.3, 0.4) is 0 Å². The maximum Gasteiger partial charge on any atom is 0.248 e. The van der Waals surface area contributed by atoms with Gasteiger partial charge < -0.3 is 20.5 Å². The van der Waals surface area contributed by atoms with Crippen molar-refractivity contribution in [1.29, 1.82) is 0 Å². The normalized spacial score (nSPS) is 12.3. The van der Waals surface area contributed by atoms with E-state index in [2.05, 4.69) is 16.7 Å². The van der Waals surface area contributed by atoms with E-state index in [9.17, 15) is 14.7 Å². The first-order valence-electron chi connectivity index (χ1n) is 8.35. The molecule has 0 bridgehead atoms. The van der Waals surface area contributed by atoms with Gasteiger partial charge in [-0.05, 0) is 31.2 Å². The summed E-state index contributed by atoms with van der Waals surface area (Å²) in [6, 6.07) is 14.9. The second-order valence-electron chi connectivity index (χ2n) is 6.20. The van der Waals surface area contributed by atoms with Crippen LogP contribution in [-0.2, 0) is 42.3 Å². The van der Waals surface area contributed by atoms with Crippen molar-refractivity contribution in [2.45, 2.75) is 32.8 Å². The standard InChI is InChI=1S/C20H23N2O4.Y/c1-4-18(23)21-15-9-11-17(12-10-15)26-13-20(3,25)19(24)22-16-7-5-14(2)6-8-16;/h5,7-12,25H,4,13H2,1-3H3,(H,21,23)(H,22,24);/q-1;/t20-;/m0./s1. The minimum atomic E-state index is -1.71. The molecule has 0 aliphatic heterocycles. The zero-order valence-corrected chi connectivity index (χ0v) is 18.5. The number of benzene rings is 2. The fourth-order valence-corrected chi connectivity index (χ4v) is 2.02. The Bertz CT molecular complexity index is 759. The van der Waals surface area contributed by atoms with E-state index in [-0.39, 0.29) is 45.2 Å². The van der Waals surface area contributed by atoms with E-state index in [0.717, 1.165) is 5.56 Å². The summed E-state index contributed by atoms with van der Waals surface area (Å²) in [5.41, 5.74) is 0.456. The molecule has 1 radical (unpaired) electrons. The largest absolute Gasteiger partial charge is 0.490 e. The van der Waals surface area contributed by atoms with Crippen molar-refractivity contribution in [2.75, 3.05) is 17.2 Å². The molecule has 0 aliphatic rings. The van der Waals surface area contributed by atoms with Gasteiger partial charge >= 0.3 is 0 Å². The first kappa shape index (κ1) is 23.3. The summed E-state index contributed by atoms with van der Waals surface area (Å²) >= 11 is 0. The van der Waals surface area contributed by atoms with Crippen LogP contribution in [0.15, 0.2) is 42.5 Å². The molecule has 0 aliphatic carbocycles. The molecular formula is C20H23N2O4Y-. The van der Waals surface area contributed by atoms with Gasteiger partial charge in [0.25, 0.3) is 0 Å². The topological polar surface area (TPSA) is 87.7 Å². The van der Waals surface area contributed by atoms with E-state index in [4.69, 9.17) is 4.74 Å². The fraction of sp³-hybridized carbons (Fsp3) is 0.300. The maximum absolute atomic E-state index is 12.2. The zero-order valence-electron chi connectivity index (χ0n) is 15.7. The number of hydrogen-bond donors (Lipinski definition) is 3. The molecule has 1 atom stereocenters. The Morgan fingerprint density at radius 1 is 1.11 bits per heavy atom. The van der Waals surface area contributed by atoms with Gasteiger partial charge in [0.1, 0.15) is 12.4 Å². The van der Waals surface area contributed by atoms with Crippen LogP contribution in [0.2, 0.25) is 0 Å². The van der Waals surface area contributed by atoms with Gasteiger partial charge in [-0.15, -0.1) is 6.07 Å². The molecule has 27 heavy (non-hydrogen) atoms. The minimum Gasteiger partial charge on any atom is -0.490 e. The van der Waals surface area contributed by atoms with Crippen LogP contribution < -0.4 is 15.4 Å². The number of anilines is 2. The minimum absolute atomic E-state index is 0. The predicted molar refractivity (Wildman–Crippen MR) is 100 cm³/mol. The molecule has 6 nitrogen and oxygen atoms in total. The maximum atomic E-state index is 12.2.